The molecule has 1 aromatic heterocycles. The molecule has 2 atom stereocenters. The van der Waals surface area contributed by atoms with Crippen LogP contribution in [-0.4, -0.2) is 23.9 Å². The molecule has 0 unspecified atom stereocenters. The second-order valence-electron chi connectivity index (χ2n) is 4.76. The number of aliphatic carboxylic acids is 1. The summed E-state index contributed by atoms with van der Waals surface area (Å²) in [5, 5.41) is 16.9. The van der Waals surface area contributed by atoms with E-state index in [1.54, 1.807) is 17.6 Å². The van der Waals surface area contributed by atoms with Gasteiger partial charge < -0.3 is 19.6 Å². The standard InChI is InChI=1S/C12H17N3O3/c1-7(2)11(12(16)17)13-10-6-8(14-15-10)9-4-3-5-18-9/h3-5,7,10-11,13,15H,6H2,1-2H3,(H,16,17)/t10-,11+/m0/s1. The molecular formula is C12H17N3O3. The lowest BCUT2D eigenvalue weighted by Crippen LogP contribution is -3.00. The molecule has 0 fully saturated rings. The van der Waals surface area contributed by atoms with Crippen LogP contribution in [0.2, 0.25) is 0 Å². The van der Waals surface area contributed by atoms with Gasteiger partial charge in [-0.25, -0.2) is 0 Å². The van der Waals surface area contributed by atoms with E-state index in [1.165, 1.54) is 0 Å². The zero-order chi connectivity index (χ0) is 13.1. The van der Waals surface area contributed by atoms with Gasteiger partial charge in [0.2, 0.25) is 0 Å². The molecule has 0 saturated heterocycles. The summed E-state index contributed by atoms with van der Waals surface area (Å²) >= 11 is 0. The topological polar surface area (TPSA) is 94.3 Å². The molecular weight excluding hydrogens is 234 g/mol. The van der Waals surface area contributed by atoms with Gasteiger partial charge in [-0.1, -0.05) is 13.8 Å². The molecule has 18 heavy (non-hydrogen) atoms. The summed E-state index contributed by atoms with van der Waals surface area (Å²) in [6.07, 6.45) is 2.13. The van der Waals surface area contributed by atoms with Crippen molar-refractivity contribution >= 4 is 11.7 Å². The number of nitrogens with one attached hydrogen (secondary N) is 1. The molecule has 2 rings (SSSR count). The van der Waals surface area contributed by atoms with Crippen molar-refractivity contribution in [1.29, 1.82) is 0 Å². The summed E-state index contributed by atoms with van der Waals surface area (Å²) in [6.45, 7) is 3.72. The minimum absolute atomic E-state index is 0.00413. The molecule has 0 saturated carbocycles. The first-order valence-electron chi connectivity index (χ1n) is 5.99. The number of hydrogen-bond acceptors (Lipinski definition) is 5. The maximum absolute atomic E-state index is 11.0. The lowest BCUT2D eigenvalue weighted by molar-refractivity contribution is -0.723. The van der Waals surface area contributed by atoms with E-state index in [9.17, 15) is 9.90 Å². The quantitative estimate of drug-likeness (QED) is 0.676. The Hall–Kier alpha value is -1.82. The van der Waals surface area contributed by atoms with Gasteiger partial charge in [-0.2, -0.15) is 5.10 Å². The molecule has 98 valence electrons. The highest BCUT2D eigenvalue weighted by Gasteiger charge is 2.28. The molecule has 0 radical (unpaired) electrons. The minimum Gasteiger partial charge on any atom is -0.544 e. The minimum atomic E-state index is -1.04. The van der Waals surface area contributed by atoms with Crippen LogP contribution in [0, 0.1) is 5.92 Å². The van der Waals surface area contributed by atoms with Gasteiger partial charge in [0, 0.05) is 5.92 Å². The van der Waals surface area contributed by atoms with Crippen LogP contribution in [0.15, 0.2) is 27.9 Å². The summed E-state index contributed by atoms with van der Waals surface area (Å²) in [6, 6.07) is 3.06. The number of carboxylic acids is 1. The molecule has 0 bridgehead atoms. The lowest BCUT2D eigenvalue weighted by atomic mass is 10.0. The van der Waals surface area contributed by atoms with Crippen LogP contribution >= 0.6 is 0 Å². The number of furan rings is 1. The zero-order valence-corrected chi connectivity index (χ0v) is 10.4. The third-order valence-electron chi connectivity index (χ3n) is 3.01. The van der Waals surface area contributed by atoms with E-state index in [1.807, 2.05) is 19.9 Å². The van der Waals surface area contributed by atoms with Gasteiger partial charge in [-0.15, -0.1) is 0 Å². The van der Waals surface area contributed by atoms with Gasteiger partial charge in [0.1, 0.15) is 17.5 Å². The number of quaternary nitrogens is 1. The monoisotopic (exact) mass is 251 g/mol. The van der Waals surface area contributed by atoms with E-state index in [2.05, 4.69) is 10.5 Å². The number of carbonyl (C=O) groups is 1. The lowest BCUT2D eigenvalue weighted by Gasteiger charge is -2.23. The van der Waals surface area contributed by atoms with Gasteiger partial charge >= 0.3 is 0 Å². The average molecular weight is 251 g/mol. The zero-order valence-electron chi connectivity index (χ0n) is 10.4. The fourth-order valence-corrected chi connectivity index (χ4v) is 1.99. The highest BCUT2D eigenvalue weighted by atomic mass is 16.4. The number of hydrazone groups is 1. The Labute approximate surface area is 105 Å². The van der Waals surface area contributed by atoms with Crippen LogP contribution < -0.4 is 15.8 Å². The van der Waals surface area contributed by atoms with Crippen molar-refractivity contribution in [1.82, 2.24) is 5.43 Å². The number of nitrogens with two attached hydrogens (primary N) is 1. The van der Waals surface area contributed by atoms with Crippen molar-refractivity contribution in [3.05, 3.63) is 24.2 Å². The maximum atomic E-state index is 11.0. The molecule has 6 nitrogen and oxygen atoms in total. The summed E-state index contributed by atoms with van der Waals surface area (Å²) in [4.78, 5) is 11.0. The second-order valence-corrected chi connectivity index (χ2v) is 4.76. The van der Waals surface area contributed by atoms with E-state index in [4.69, 9.17) is 4.42 Å². The number of carbonyl (C=O) groups excluding carboxylic acids is 1. The summed E-state index contributed by atoms with van der Waals surface area (Å²) < 4.78 is 5.25. The van der Waals surface area contributed by atoms with Crippen molar-refractivity contribution in [3.63, 3.8) is 0 Å². The van der Waals surface area contributed by atoms with Crippen molar-refractivity contribution in [2.75, 3.05) is 0 Å². The SMILES string of the molecule is CC(C)[C@@H]([NH2+][C@@H]1CC(c2ccco2)=NN1)C(=O)[O-]. The van der Waals surface area contributed by atoms with Crippen LogP contribution in [0.5, 0.6) is 0 Å². The molecule has 1 aliphatic rings. The first kappa shape index (κ1) is 12.6. The fourth-order valence-electron chi connectivity index (χ4n) is 1.99. The molecule has 2 heterocycles. The summed E-state index contributed by atoms with van der Waals surface area (Å²) in [7, 11) is 0. The van der Waals surface area contributed by atoms with Crippen LogP contribution in [0.4, 0.5) is 0 Å². The molecule has 3 N–H and O–H groups in total. The van der Waals surface area contributed by atoms with Gasteiger partial charge in [0.25, 0.3) is 0 Å². The number of rotatable bonds is 5. The summed E-state index contributed by atoms with van der Waals surface area (Å²) in [5.74, 6) is -0.323. The van der Waals surface area contributed by atoms with Gasteiger partial charge in [-0.05, 0) is 12.1 Å². The van der Waals surface area contributed by atoms with E-state index in [0.29, 0.717) is 12.2 Å². The first-order chi connectivity index (χ1) is 8.58. The van der Waals surface area contributed by atoms with Gasteiger partial charge in [0.15, 0.2) is 6.17 Å². The van der Waals surface area contributed by atoms with E-state index in [0.717, 1.165) is 5.71 Å². The first-order valence-corrected chi connectivity index (χ1v) is 5.99. The van der Waals surface area contributed by atoms with Gasteiger partial charge in [-0.3, -0.25) is 5.43 Å². The maximum Gasteiger partial charge on any atom is 0.180 e. The van der Waals surface area contributed by atoms with Crippen molar-refractivity contribution in [3.8, 4) is 0 Å². The van der Waals surface area contributed by atoms with E-state index < -0.39 is 12.0 Å². The van der Waals surface area contributed by atoms with Crippen LogP contribution in [0.1, 0.15) is 26.0 Å². The normalized spacial score (nSPS) is 20.6. The van der Waals surface area contributed by atoms with Crippen molar-refractivity contribution in [2.45, 2.75) is 32.5 Å². The predicted molar refractivity (Wildman–Crippen MR) is 62.3 cm³/mol. The Bertz CT molecular complexity index is 439. The molecule has 6 heteroatoms. The molecule has 0 spiro atoms. The smallest absolute Gasteiger partial charge is 0.180 e. The Balaban J connectivity index is 1.93. The highest BCUT2D eigenvalue weighted by Crippen LogP contribution is 2.10. The molecule has 0 aromatic carbocycles. The van der Waals surface area contributed by atoms with Gasteiger partial charge in [0.05, 0.1) is 18.7 Å². The molecule has 1 aliphatic heterocycles. The highest BCUT2D eigenvalue weighted by molar-refractivity contribution is 5.99. The van der Waals surface area contributed by atoms with Crippen LogP contribution in [0.3, 0.4) is 0 Å². The van der Waals surface area contributed by atoms with Crippen LogP contribution in [0.25, 0.3) is 0 Å². The fraction of sp³-hybridized carbons (Fsp3) is 0.500. The van der Waals surface area contributed by atoms with Crippen molar-refractivity contribution < 1.29 is 19.6 Å². The number of hydrogen-bond donors (Lipinski definition) is 2. The summed E-state index contributed by atoms with van der Waals surface area (Å²) in [5.41, 5.74) is 3.72. The molecule has 0 amide bonds. The molecule has 0 aliphatic carbocycles. The third kappa shape index (κ3) is 2.70. The second kappa shape index (κ2) is 5.22. The average Bonchev–Trinajstić information content (AvgIpc) is 2.95. The van der Waals surface area contributed by atoms with Crippen molar-refractivity contribution in [2.24, 2.45) is 11.0 Å². The molecule has 1 aromatic rings. The third-order valence-corrected chi connectivity index (χ3v) is 3.01. The Morgan fingerprint density at radius 1 is 1.67 bits per heavy atom. The largest absolute Gasteiger partial charge is 0.544 e. The number of nitrogens with zero attached hydrogens (tertiary/aromatic N) is 1. The van der Waals surface area contributed by atoms with E-state index >= 15 is 0 Å². The Kier molecular flexibility index (Phi) is 3.66. The number of carboxylic acid groups (broad SMARTS) is 1. The Morgan fingerprint density at radius 2 is 2.44 bits per heavy atom. The van der Waals surface area contributed by atoms with E-state index in [-0.39, 0.29) is 12.1 Å². The Morgan fingerprint density at radius 3 is 3.00 bits per heavy atom. The predicted octanol–water partition coefficient (Wildman–Crippen LogP) is -1.36. The van der Waals surface area contributed by atoms with Crippen LogP contribution in [-0.2, 0) is 4.79 Å².